The van der Waals surface area contributed by atoms with Crippen LogP contribution in [-0.2, 0) is 0 Å². The largest absolute Gasteiger partial charge is 0.321 e. The van der Waals surface area contributed by atoms with Crippen LogP contribution in [0.3, 0.4) is 0 Å². The zero-order chi connectivity index (χ0) is 13.8. The highest BCUT2D eigenvalue weighted by Crippen LogP contribution is 2.25. The van der Waals surface area contributed by atoms with Gasteiger partial charge in [-0.05, 0) is 49.1 Å². The monoisotopic (exact) mass is 275 g/mol. The molecule has 0 spiro atoms. The highest BCUT2D eigenvalue weighted by Gasteiger charge is 2.11. The Kier molecular flexibility index (Phi) is 4.22. The van der Waals surface area contributed by atoms with E-state index in [-0.39, 0.29) is 11.7 Å². The molecular formula is C15H14FNOS. The van der Waals surface area contributed by atoms with Crippen molar-refractivity contribution in [1.82, 2.24) is 0 Å². The number of thioether (sulfide) groups is 1. The molecule has 2 aromatic carbocycles. The van der Waals surface area contributed by atoms with E-state index in [0.29, 0.717) is 11.1 Å². The maximum atomic E-state index is 13.0. The second-order valence-corrected chi connectivity index (χ2v) is 4.96. The van der Waals surface area contributed by atoms with E-state index in [2.05, 4.69) is 5.32 Å². The Morgan fingerprint density at radius 2 is 1.95 bits per heavy atom. The van der Waals surface area contributed by atoms with Crippen molar-refractivity contribution < 1.29 is 9.18 Å². The summed E-state index contributed by atoms with van der Waals surface area (Å²) < 4.78 is 13.0. The second-order valence-electron chi connectivity index (χ2n) is 4.11. The maximum Gasteiger partial charge on any atom is 0.255 e. The molecule has 0 aliphatic heterocycles. The molecule has 0 saturated heterocycles. The Morgan fingerprint density at radius 1 is 1.21 bits per heavy atom. The normalized spacial score (nSPS) is 10.3. The highest BCUT2D eigenvalue weighted by molar-refractivity contribution is 7.98. The van der Waals surface area contributed by atoms with Crippen LogP contribution in [0.1, 0.15) is 15.9 Å². The number of carbonyl (C=O) groups is 1. The first-order valence-electron chi connectivity index (χ1n) is 5.82. The van der Waals surface area contributed by atoms with Crippen molar-refractivity contribution in [2.45, 2.75) is 11.8 Å². The molecule has 2 rings (SSSR count). The van der Waals surface area contributed by atoms with E-state index in [1.165, 1.54) is 18.2 Å². The summed E-state index contributed by atoms with van der Waals surface area (Å²) in [6.07, 6.45) is 1.95. The van der Waals surface area contributed by atoms with Crippen molar-refractivity contribution in [2.75, 3.05) is 11.6 Å². The number of hydrogen-bond donors (Lipinski definition) is 1. The summed E-state index contributed by atoms with van der Waals surface area (Å²) in [5.74, 6) is -0.558. The minimum absolute atomic E-state index is 0.223. The summed E-state index contributed by atoms with van der Waals surface area (Å²) >= 11 is 1.56. The number of anilines is 1. The highest BCUT2D eigenvalue weighted by atomic mass is 32.2. The lowest BCUT2D eigenvalue weighted by Crippen LogP contribution is -2.14. The summed E-state index contributed by atoms with van der Waals surface area (Å²) in [7, 11) is 0. The van der Waals surface area contributed by atoms with Gasteiger partial charge < -0.3 is 5.32 Å². The molecule has 0 bridgehead atoms. The minimum atomic E-state index is -0.335. The molecule has 19 heavy (non-hydrogen) atoms. The molecule has 0 radical (unpaired) electrons. The summed E-state index contributed by atoms with van der Waals surface area (Å²) in [4.78, 5) is 13.2. The van der Waals surface area contributed by atoms with E-state index < -0.39 is 0 Å². The lowest BCUT2D eigenvalue weighted by atomic mass is 10.1. The predicted molar refractivity (Wildman–Crippen MR) is 77.3 cm³/mol. The lowest BCUT2D eigenvalue weighted by Gasteiger charge is -2.10. The standard InChI is InChI=1S/C15H14FNOS/c1-10-9-11(16)7-8-12(10)15(18)17-13-5-3-4-6-14(13)19-2/h3-9H,1-2H3,(H,17,18). The van der Waals surface area contributed by atoms with Gasteiger partial charge in [0.2, 0.25) is 0 Å². The first-order valence-corrected chi connectivity index (χ1v) is 7.05. The SMILES string of the molecule is CSc1ccccc1NC(=O)c1ccc(F)cc1C. The fourth-order valence-electron chi connectivity index (χ4n) is 1.82. The summed E-state index contributed by atoms with van der Waals surface area (Å²) in [6.45, 7) is 1.72. The molecule has 0 atom stereocenters. The van der Waals surface area contributed by atoms with Gasteiger partial charge >= 0.3 is 0 Å². The number of nitrogens with one attached hydrogen (secondary N) is 1. The first-order chi connectivity index (χ1) is 9.11. The molecule has 0 aliphatic carbocycles. The van der Waals surface area contributed by atoms with Crippen LogP contribution in [0.4, 0.5) is 10.1 Å². The van der Waals surface area contributed by atoms with Gasteiger partial charge in [0, 0.05) is 10.5 Å². The zero-order valence-electron chi connectivity index (χ0n) is 10.7. The third kappa shape index (κ3) is 3.15. The van der Waals surface area contributed by atoms with E-state index in [4.69, 9.17) is 0 Å². The number of rotatable bonds is 3. The minimum Gasteiger partial charge on any atom is -0.321 e. The van der Waals surface area contributed by atoms with Gasteiger partial charge in [-0.25, -0.2) is 4.39 Å². The van der Waals surface area contributed by atoms with Crippen molar-refractivity contribution >= 4 is 23.4 Å². The van der Waals surface area contributed by atoms with E-state index in [0.717, 1.165) is 10.6 Å². The van der Waals surface area contributed by atoms with Crippen LogP contribution in [0.25, 0.3) is 0 Å². The van der Waals surface area contributed by atoms with Crippen LogP contribution in [0.15, 0.2) is 47.4 Å². The quantitative estimate of drug-likeness (QED) is 0.854. The number of aryl methyl sites for hydroxylation is 1. The summed E-state index contributed by atoms with van der Waals surface area (Å²) in [6, 6.07) is 11.7. The predicted octanol–water partition coefficient (Wildman–Crippen LogP) is 4.11. The van der Waals surface area contributed by atoms with Crippen LogP contribution < -0.4 is 5.32 Å². The van der Waals surface area contributed by atoms with Gasteiger partial charge in [-0.15, -0.1) is 11.8 Å². The molecule has 4 heteroatoms. The van der Waals surface area contributed by atoms with Gasteiger partial charge in [0.1, 0.15) is 5.82 Å². The third-order valence-electron chi connectivity index (χ3n) is 2.79. The number of halogens is 1. The maximum absolute atomic E-state index is 13.0. The molecule has 2 nitrogen and oxygen atoms in total. The number of para-hydroxylation sites is 1. The zero-order valence-corrected chi connectivity index (χ0v) is 11.6. The van der Waals surface area contributed by atoms with Crippen LogP contribution in [0, 0.1) is 12.7 Å². The van der Waals surface area contributed by atoms with Gasteiger partial charge in [0.25, 0.3) is 5.91 Å². The van der Waals surface area contributed by atoms with Gasteiger partial charge in [-0.1, -0.05) is 12.1 Å². The van der Waals surface area contributed by atoms with Crippen LogP contribution in [-0.4, -0.2) is 12.2 Å². The van der Waals surface area contributed by atoms with E-state index in [1.54, 1.807) is 18.7 Å². The summed E-state index contributed by atoms with van der Waals surface area (Å²) in [5, 5.41) is 2.86. The van der Waals surface area contributed by atoms with Crippen molar-refractivity contribution in [3.8, 4) is 0 Å². The van der Waals surface area contributed by atoms with Crippen molar-refractivity contribution in [2.24, 2.45) is 0 Å². The molecule has 0 aliphatic rings. The average Bonchev–Trinajstić information content (AvgIpc) is 2.39. The Balaban J connectivity index is 2.26. The van der Waals surface area contributed by atoms with E-state index >= 15 is 0 Å². The smallest absolute Gasteiger partial charge is 0.255 e. The third-order valence-corrected chi connectivity index (χ3v) is 3.58. The average molecular weight is 275 g/mol. The fourth-order valence-corrected chi connectivity index (χ4v) is 2.37. The molecule has 0 unspecified atom stereocenters. The number of carbonyl (C=O) groups excluding carboxylic acids is 1. The van der Waals surface area contributed by atoms with Crippen molar-refractivity contribution in [3.63, 3.8) is 0 Å². The molecular weight excluding hydrogens is 261 g/mol. The van der Waals surface area contributed by atoms with Crippen LogP contribution in [0.2, 0.25) is 0 Å². The topological polar surface area (TPSA) is 29.1 Å². The Morgan fingerprint density at radius 3 is 2.63 bits per heavy atom. The van der Waals surface area contributed by atoms with Crippen LogP contribution in [0.5, 0.6) is 0 Å². The van der Waals surface area contributed by atoms with E-state index in [9.17, 15) is 9.18 Å². The van der Waals surface area contributed by atoms with Crippen LogP contribution >= 0.6 is 11.8 Å². The molecule has 98 valence electrons. The molecule has 0 heterocycles. The summed E-state index contributed by atoms with van der Waals surface area (Å²) in [5.41, 5.74) is 1.88. The van der Waals surface area contributed by atoms with Gasteiger partial charge in [-0.3, -0.25) is 4.79 Å². The molecule has 0 fully saturated rings. The first kappa shape index (κ1) is 13.6. The number of benzene rings is 2. The number of hydrogen-bond acceptors (Lipinski definition) is 2. The fraction of sp³-hybridized carbons (Fsp3) is 0.133. The second kappa shape index (κ2) is 5.89. The van der Waals surface area contributed by atoms with Gasteiger partial charge in [-0.2, -0.15) is 0 Å². The molecule has 1 amide bonds. The Hall–Kier alpha value is -1.81. The molecule has 0 saturated carbocycles. The van der Waals surface area contributed by atoms with Crippen molar-refractivity contribution in [1.29, 1.82) is 0 Å². The molecule has 1 N–H and O–H groups in total. The van der Waals surface area contributed by atoms with Gasteiger partial charge in [0.05, 0.1) is 5.69 Å². The van der Waals surface area contributed by atoms with Crippen molar-refractivity contribution in [3.05, 3.63) is 59.4 Å². The number of amides is 1. The lowest BCUT2D eigenvalue weighted by molar-refractivity contribution is 0.102. The van der Waals surface area contributed by atoms with Gasteiger partial charge in [0.15, 0.2) is 0 Å². The van der Waals surface area contributed by atoms with E-state index in [1.807, 2.05) is 30.5 Å². The Labute approximate surface area is 116 Å². The Bertz CT molecular complexity index is 613. The molecule has 0 aromatic heterocycles. The molecule has 2 aromatic rings.